The van der Waals surface area contributed by atoms with Crippen LogP contribution < -0.4 is 11.1 Å². The number of nitrogens with two attached hydrogens (primary N) is 1. The summed E-state index contributed by atoms with van der Waals surface area (Å²) in [7, 11) is 4.21. The summed E-state index contributed by atoms with van der Waals surface area (Å²) in [6.07, 6.45) is 5.64. The van der Waals surface area contributed by atoms with E-state index in [9.17, 15) is 19.5 Å². The second-order valence-electron chi connectivity index (χ2n) is 10.6. The number of nitrogens with one attached hydrogen (secondary N) is 1. The van der Waals surface area contributed by atoms with Crippen LogP contribution in [0.5, 0.6) is 0 Å². The van der Waals surface area contributed by atoms with Crippen LogP contribution in [0.4, 0.5) is 4.79 Å². The third kappa shape index (κ3) is 4.51. The van der Waals surface area contributed by atoms with Gasteiger partial charge in [0.05, 0.1) is 24.2 Å². The van der Waals surface area contributed by atoms with Crippen LogP contribution >= 0.6 is 0 Å². The highest BCUT2D eigenvalue weighted by Crippen LogP contribution is 2.49. The van der Waals surface area contributed by atoms with Gasteiger partial charge in [0.2, 0.25) is 11.8 Å². The highest BCUT2D eigenvalue weighted by Gasteiger charge is 2.56. The number of hydrogen-bond acceptors (Lipinski definition) is 5. The Bertz CT molecular complexity index is 922. The average Bonchev–Trinajstić information content (AvgIpc) is 3.03. The van der Waals surface area contributed by atoms with Gasteiger partial charge in [-0.2, -0.15) is 0 Å². The van der Waals surface area contributed by atoms with Gasteiger partial charge in [0.1, 0.15) is 6.54 Å². The van der Waals surface area contributed by atoms with Crippen molar-refractivity contribution in [3.05, 3.63) is 35.9 Å². The van der Waals surface area contributed by atoms with Gasteiger partial charge in [0, 0.05) is 12.1 Å². The largest absolute Gasteiger partial charge is 0.388 e. The lowest BCUT2D eigenvalue weighted by Crippen LogP contribution is -2.59. The number of nitrogens with zero attached hydrogens (tertiary/aromatic N) is 3. The fourth-order valence-corrected chi connectivity index (χ4v) is 5.99. The average molecular weight is 472 g/mol. The molecule has 2 aliphatic carbocycles. The standard InChI is InChI=1S/C25H37N5O4/c1-28(2)25(19-7-4-3-5-8-19)13-11-23(12-14-25)17-29(16-21(32)27-15-20(26)31)22(33)30(23)18-24(34)9-6-10-24/h3-5,7-8,34H,6,9-18H2,1-2H3,(H2,26,31)(H,27,32). The molecule has 4 N–H and O–H groups in total. The summed E-state index contributed by atoms with van der Waals surface area (Å²) in [6, 6.07) is 10.3. The monoisotopic (exact) mass is 471 g/mol. The minimum atomic E-state index is -0.845. The quantitative estimate of drug-likeness (QED) is 0.523. The molecule has 1 saturated heterocycles. The topological polar surface area (TPSA) is 119 Å². The zero-order chi connectivity index (χ0) is 24.6. The maximum Gasteiger partial charge on any atom is 0.321 e. The summed E-state index contributed by atoms with van der Waals surface area (Å²) in [4.78, 5) is 42.6. The highest BCUT2D eigenvalue weighted by atomic mass is 16.3. The first kappa shape index (κ1) is 24.5. The molecule has 1 spiro atoms. The minimum Gasteiger partial charge on any atom is -0.388 e. The maximum absolute atomic E-state index is 13.5. The number of amides is 4. The Kier molecular flexibility index (Phi) is 6.61. The maximum atomic E-state index is 13.5. The van der Waals surface area contributed by atoms with Gasteiger partial charge in [-0.15, -0.1) is 0 Å². The number of hydrogen-bond donors (Lipinski definition) is 3. The van der Waals surface area contributed by atoms with Crippen LogP contribution in [0.1, 0.15) is 50.5 Å². The molecular weight excluding hydrogens is 434 g/mol. The molecule has 0 aromatic heterocycles. The predicted octanol–water partition coefficient (Wildman–Crippen LogP) is 1.01. The SMILES string of the molecule is CN(C)C1(c2ccccc2)CCC2(CC1)CN(CC(=O)NCC(N)=O)C(=O)N2CC1(O)CCC1. The van der Waals surface area contributed by atoms with E-state index >= 15 is 0 Å². The molecular formula is C25H37N5O4. The predicted molar refractivity (Wildman–Crippen MR) is 128 cm³/mol. The Morgan fingerprint density at radius 1 is 1.09 bits per heavy atom. The number of β-amino-alcohol motifs (C(OH)–C–C–N with tert-alkyl or cyclic N) is 1. The van der Waals surface area contributed by atoms with Crippen molar-refractivity contribution in [3.8, 4) is 0 Å². The zero-order valence-electron chi connectivity index (χ0n) is 20.3. The summed E-state index contributed by atoms with van der Waals surface area (Å²) in [5.74, 6) is -1.03. The third-order valence-corrected chi connectivity index (χ3v) is 8.27. The Morgan fingerprint density at radius 2 is 1.74 bits per heavy atom. The zero-order valence-corrected chi connectivity index (χ0v) is 20.3. The lowest BCUT2D eigenvalue weighted by molar-refractivity contribution is -0.125. The van der Waals surface area contributed by atoms with Gasteiger partial charge >= 0.3 is 6.03 Å². The molecule has 1 aromatic rings. The molecule has 4 amide bonds. The molecule has 2 saturated carbocycles. The van der Waals surface area contributed by atoms with Crippen molar-refractivity contribution in [2.75, 3.05) is 40.3 Å². The minimum absolute atomic E-state index is 0.124. The fraction of sp³-hybridized carbons (Fsp3) is 0.640. The smallest absolute Gasteiger partial charge is 0.321 e. The van der Waals surface area contributed by atoms with E-state index < -0.39 is 23.0 Å². The number of carbonyl (C=O) groups excluding carboxylic acids is 3. The highest BCUT2D eigenvalue weighted by molar-refractivity contribution is 5.88. The van der Waals surface area contributed by atoms with Crippen molar-refractivity contribution in [2.24, 2.45) is 5.73 Å². The molecule has 3 aliphatic rings. The van der Waals surface area contributed by atoms with Crippen molar-refractivity contribution < 1.29 is 19.5 Å². The van der Waals surface area contributed by atoms with Crippen LogP contribution in [0.3, 0.4) is 0 Å². The third-order valence-electron chi connectivity index (χ3n) is 8.27. The van der Waals surface area contributed by atoms with Crippen LogP contribution in [0.2, 0.25) is 0 Å². The molecule has 1 aromatic carbocycles. The molecule has 9 heteroatoms. The van der Waals surface area contributed by atoms with Crippen LogP contribution in [0, 0.1) is 0 Å². The molecule has 0 bridgehead atoms. The van der Waals surface area contributed by atoms with E-state index in [-0.39, 0.29) is 24.7 Å². The van der Waals surface area contributed by atoms with Crippen molar-refractivity contribution in [2.45, 2.75) is 61.6 Å². The Morgan fingerprint density at radius 3 is 2.26 bits per heavy atom. The van der Waals surface area contributed by atoms with E-state index in [0.29, 0.717) is 25.9 Å². The Hall–Kier alpha value is -2.65. The van der Waals surface area contributed by atoms with Gasteiger partial charge in [-0.3, -0.25) is 14.5 Å². The van der Waals surface area contributed by atoms with Gasteiger partial charge in [-0.1, -0.05) is 30.3 Å². The first-order valence-corrected chi connectivity index (χ1v) is 12.2. The van der Waals surface area contributed by atoms with Gasteiger partial charge in [0.25, 0.3) is 0 Å². The summed E-state index contributed by atoms with van der Waals surface area (Å²) >= 11 is 0. The van der Waals surface area contributed by atoms with Crippen LogP contribution in [-0.2, 0) is 15.1 Å². The number of primary amides is 1. The molecule has 4 rings (SSSR count). The molecule has 0 unspecified atom stereocenters. The van der Waals surface area contributed by atoms with Gasteiger partial charge < -0.3 is 26.0 Å². The number of benzene rings is 1. The summed E-state index contributed by atoms with van der Waals surface area (Å²) in [6.45, 7) is 0.355. The van der Waals surface area contributed by atoms with E-state index in [4.69, 9.17) is 5.73 Å². The summed E-state index contributed by atoms with van der Waals surface area (Å²) in [5.41, 5.74) is 5.00. The second-order valence-corrected chi connectivity index (χ2v) is 10.6. The number of rotatable bonds is 8. The van der Waals surface area contributed by atoms with Crippen LogP contribution in [-0.4, -0.2) is 89.1 Å². The van der Waals surface area contributed by atoms with E-state index in [1.54, 1.807) is 4.90 Å². The van der Waals surface area contributed by atoms with Crippen LogP contribution in [0.15, 0.2) is 30.3 Å². The molecule has 1 aliphatic heterocycles. The van der Waals surface area contributed by atoms with E-state index in [0.717, 1.165) is 32.1 Å². The Balaban J connectivity index is 1.56. The first-order valence-electron chi connectivity index (χ1n) is 12.2. The summed E-state index contributed by atoms with van der Waals surface area (Å²) in [5, 5.41) is 13.4. The van der Waals surface area contributed by atoms with Gasteiger partial charge in [0.15, 0.2) is 0 Å². The van der Waals surface area contributed by atoms with Gasteiger partial charge in [-0.05, 0) is 64.6 Å². The molecule has 186 valence electrons. The number of urea groups is 1. The number of aliphatic hydroxyl groups is 1. The molecule has 1 heterocycles. The molecule has 3 fully saturated rings. The Labute approximate surface area is 201 Å². The summed E-state index contributed by atoms with van der Waals surface area (Å²) < 4.78 is 0. The normalized spacial score (nSPS) is 28.3. The van der Waals surface area contributed by atoms with Crippen molar-refractivity contribution >= 4 is 17.8 Å². The van der Waals surface area contributed by atoms with Crippen molar-refractivity contribution in [3.63, 3.8) is 0 Å². The van der Waals surface area contributed by atoms with E-state index in [1.165, 1.54) is 5.56 Å². The molecule has 0 atom stereocenters. The second kappa shape index (κ2) is 9.19. The first-order chi connectivity index (χ1) is 16.1. The number of carbonyl (C=O) groups is 3. The fourth-order valence-electron chi connectivity index (χ4n) is 5.99. The lowest BCUT2D eigenvalue weighted by Gasteiger charge is -2.52. The molecule has 34 heavy (non-hydrogen) atoms. The van der Waals surface area contributed by atoms with Gasteiger partial charge in [-0.25, -0.2) is 4.79 Å². The molecule has 9 nitrogen and oxygen atoms in total. The van der Waals surface area contributed by atoms with Crippen LogP contribution in [0.25, 0.3) is 0 Å². The molecule has 0 radical (unpaired) electrons. The van der Waals surface area contributed by atoms with E-state index in [2.05, 4.69) is 48.6 Å². The van der Waals surface area contributed by atoms with E-state index in [1.807, 2.05) is 11.0 Å². The van der Waals surface area contributed by atoms with Crippen molar-refractivity contribution in [1.29, 1.82) is 0 Å². The van der Waals surface area contributed by atoms with Crippen molar-refractivity contribution in [1.82, 2.24) is 20.0 Å². The lowest BCUT2D eigenvalue weighted by atomic mass is 9.67.